The summed E-state index contributed by atoms with van der Waals surface area (Å²) < 4.78 is 15.9. The minimum absolute atomic E-state index is 0.0116. The molecular formula is C21H17FN6O3. The molecular weight excluding hydrogens is 403 g/mol. The number of nitrogens with one attached hydrogen (secondary N) is 1. The number of anilines is 1. The number of rotatable bonds is 6. The van der Waals surface area contributed by atoms with Crippen molar-refractivity contribution in [1.82, 2.24) is 24.5 Å². The standard InChI is InChI=1S/C21H17FN6O3/c1-13(29)15-5-7-17(8-6-15)24-18(30)11-27-12-23-20-19(21(27)31)25-26-28(20)10-14-3-2-4-16(22)9-14/h2-9,12H,10-11H2,1H3,(H,24,30). The molecule has 0 aliphatic carbocycles. The fraction of sp³-hybridized carbons (Fsp3) is 0.143. The van der Waals surface area contributed by atoms with Gasteiger partial charge in [-0.15, -0.1) is 5.10 Å². The van der Waals surface area contributed by atoms with Crippen LogP contribution in [0.5, 0.6) is 0 Å². The number of aromatic nitrogens is 5. The molecule has 1 amide bonds. The second-order valence-corrected chi connectivity index (χ2v) is 6.91. The average Bonchev–Trinajstić information content (AvgIpc) is 3.14. The number of hydrogen-bond donors (Lipinski definition) is 1. The normalized spacial score (nSPS) is 10.9. The Bertz CT molecular complexity index is 1340. The molecule has 0 saturated heterocycles. The first-order chi connectivity index (χ1) is 14.9. The molecule has 2 aromatic heterocycles. The van der Waals surface area contributed by atoms with Crippen molar-refractivity contribution in [3.8, 4) is 0 Å². The molecule has 4 rings (SSSR count). The molecule has 156 valence electrons. The second-order valence-electron chi connectivity index (χ2n) is 6.91. The molecule has 0 atom stereocenters. The summed E-state index contributed by atoms with van der Waals surface area (Å²) in [5.74, 6) is -0.889. The zero-order valence-electron chi connectivity index (χ0n) is 16.4. The predicted octanol–water partition coefficient (Wildman–Crippen LogP) is 2.02. The first kappa shape index (κ1) is 20.1. The number of fused-ring (bicyclic) bond motifs is 1. The predicted molar refractivity (Wildman–Crippen MR) is 110 cm³/mol. The van der Waals surface area contributed by atoms with Crippen LogP contribution >= 0.6 is 0 Å². The number of carbonyl (C=O) groups is 2. The van der Waals surface area contributed by atoms with Gasteiger partial charge < -0.3 is 5.32 Å². The van der Waals surface area contributed by atoms with Gasteiger partial charge in [-0.25, -0.2) is 14.1 Å². The van der Waals surface area contributed by atoms with Gasteiger partial charge in [0.15, 0.2) is 16.9 Å². The molecule has 0 aliphatic heterocycles. The molecule has 0 unspecified atom stereocenters. The molecule has 0 spiro atoms. The molecule has 0 radical (unpaired) electrons. The highest BCUT2D eigenvalue weighted by atomic mass is 19.1. The Hall–Kier alpha value is -4.21. The maximum atomic E-state index is 13.4. The summed E-state index contributed by atoms with van der Waals surface area (Å²) in [7, 11) is 0. The topological polar surface area (TPSA) is 112 Å². The monoisotopic (exact) mass is 420 g/mol. The van der Waals surface area contributed by atoms with E-state index >= 15 is 0 Å². The van der Waals surface area contributed by atoms with Crippen LogP contribution in [0.1, 0.15) is 22.8 Å². The van der Waals surface area contributed by atoms with Crippen LogP contribution in [-0.4, -0.2) is 36.2 Å². The van der Waals surface area contributed by atoms with E-state index in [1.165, 1.54) is 30.1 Å². The summed E-state index contributed by atoms with van der Waals surface area (Å²) in [5, 5.41) is 10.5. The lowest BCUT2D eigenvalue weighted by Crippen LogP contribution is -2.28. The van der Waals surface area contributed by atoms with Gasteiger partial charge in [0.25, 0.3) is 5.56 Å². The van der Waals surface area contributed by atoms with E-state index in [9.17, 15) is 18.8 Å². The number of nitrogens with zero attached hydrogens (tertiary/aromatic N) is 5. The summed E-state index contributed by atoms with van der Waals surface area (Å²) in [5.41, 5.74) is 1.41. The summed E-state index contributed by atoms with van der Waals surface area (Å²) in [6.07, 6.45) is 1.24. The third-order valence-electron chi connectivity index (χ3n) is 4.60. The molecule has 0 saturated carbocycles. The van der Waals surface area contributed by atoms with Crippen molar-refractivity contribution in [2.45, 2.75) is 20.0 Å². The molecule has 0 aliphatic rings. The molecule has 1 N–H and O–H groups in total. The average molecular weight is 420 g/mol. The van der Waals surface area contributed by atoms with E-state index in [-0.39, 0.29) is 35.9 Å². The molecule has 10 heteroatoms. The van der Waals surface area contributed by atoms with Crippen LogP contribution in [0.4, 0.5) is 10.1 Å². The molecule has 9 nitrogen and oxygen atoms in total. The Balaban J connectivity index is 1.51. The van der Waals surface area contributed by atoms with Crippen molar-refractivity contribution in [3.05, 3.63) is 82.2 Å². The number of benzene rings is 2. The molecule has 2 heterocycles. The third-order valence-corrected chi connectivity index (χ3v) is 4.60. The summed E-state index contributed by atoms with van der Waals surface area (Å²) in [6.45, 7) is 1.38. The lowest BCUT2D eigenvalue weighted by Gasteiger charge is -2.08. The molecule has 31 heavy (non-hydrogen) atoms. The molecule has 2 aromatic carbocycles. The van der Waals surface area contributed by atoms with Crippen LogP contribution < -0.4 is 10.9 Å². The van der Waals surface area contributed by atoms with Gasteiger partial charge in [-0.05, 0) is 48.9 Å². The van der Waals surface area contributed by atoms with Crippen LogP contribution in [-0.2, 0) is 17.9 Å². The van der Waals surface area contributed by atoms with E-state index in [1.54, 1.807) is 36.4 Å². The summed E-state index contributed by atoms with van der Waals surface area (Å²) in [6, 6.07) is 12.4. The summed E-state index contributed by atoms with van der Waals surface area (Å²) >= 11 is 0. The summed E-state index contributed by atoms with van der Waals surface area (Å²) in [4.78, 5) is 40.5. The number of halogens is 1. The van der Waals surface area contributed by atoms with Crippen molar-refractivity contribution in [1.29, 1.82) is 0 Å². The van der Waals surface area contributed by atoms with Gasteiger partial charge in [0.05, 0.1) is 6.54 Å². The van der Waals surface area contributed by atoms with Crippen LogP contribution in [0.3, 0.4) is 0 Å². The molecule has 4 aromatic rings. The Morgan fingerprint density at radius 3 is 2.61 bits per heavy atom. The van der Waals surface area contributed by atoms with Crippen LogP contribution in [0.2, 0.25) is 0 Å². The number of ketones is 1. The van der Waals surface area contributed by atoms with Crippen LogP contribution in [0, 0.1) is 5.82 Å². The van der Waals surface area contributed by atoms with Crippen molar-refractivity contribution < 1.29 is 14.0 Å². The Morgan fingerprint density at radius 1 is 1.13 bits per heavy atom. The number of carbonyl (C=O) groups excluding carboxylic acids is 2. The maximum absolute atomic E-state index is 13.4. The van der Waals surface area contributed by atoms with E-state index in [4.69, 9.17) is 0 Å². The van der Waals surface area contributed by atoms with Gasteiger partial charge in [-0.2, -0.15) is 0 Å². The Labute approximate surface area is 175 Å². The van der Waals surface area contributed by atoms with E-state index in [0.717, 1.165) is 4.57 Å². The Kier molecular flexibility index (Phi) is 5.35. The van der Waals surface area contributed by atoms with Crippen molar-refractivity contribution in [2.24, 2.45) is 0 Å². The van der Waals surface area contributed by atoms with Gasteiger partial charge in [0, 0.05) is 11.3 Å². The highest BCUT2D eigenvalue weighted by Gasteiger charge is 2.14. The quantitative estimate of drug-likeness (QED) is 0.478. The van der Waals surface area contributed by atoms with Crippen molar-refractivity contribution >= 4 is 28.5 Å². The highest BCUT2D eigenvalue weighted by Crippen LogP contribution is 2.11. The third kappa shape index (κ3) is 4.37. The molecule has 0 fully saturated rings. The van der Waals surface area contributed by atoms with E-state index in [1.807, 2.05) is 0 Å². The van der Waals surface area contributed by atoms with Crippen molar-refractivity contribution in [3.63, 3.8) is 0 Å². The minimum atomic E-state index is -0.516. The fourth-order valence-corrected chi connectivity index (χ4v) is 3.06. The van der Waals surface area contributed by atoms with Gasteiger partial charge in [0.2, 0.25) is 5.91 Å². The van der Waals surface area contributed by atoms with Gasteiger partial charge >= 0.3 is 0 Å². The van der Waals surface area contributed by atoms with Gasteiger partial charge in [-0.3, -0.25) is 19.0 Å². The van der Waals surface area contributed by atoms with E-state index in [0.29, 0.717) is 16.8 Å². The van der Waals surface area contributed by atoms with Crippen molar-refractivity contribution in [2.75, 3.05) is 5.32 Å². The molecule has 0 bridgehead atoms. The SMILES string of the molecule is CC(=O)c1ccc(NC(=O)Cn2cnc3c(nnn3Cc3cccc(F)c3)c2=O)cc1. The van der Waals surface area contributed by atoms with Gasteiger partial charge in [-0.1, -0.05) is 17.3 Å². The second kappa shape index (κ2) is 8.27. The van der Waals surface area contributed by atoms with E-state index < -0.39 is 11.5 Å². The zero-order valence-corrected chi connectivity index (χ0v) is 16.4. The lowest BCUT2D eigenvalue weighted by molar-refractivity contribution is -0.116. The first-order valence-electron chi connectivity index (χ1n) is 9.34. The maximum Gasteiger partial charge on any atom is 0.283 e. The van der Waals surface area contributed by atoms with Crippen LogP contribution in [0.15, 0.2) is 59.7 Å². The first-order valence-corrected chi connectivity index (χ1v) is 9.34. The Morgan fingerprint density at radius 2 is 1.90 bits per heavy atom. The smallest absolute Gasteiger partial charge is 0.283 e. The van der Waals surface area contributed by atoms with Crippen LogP contribution in [0.25, 0.3) is 11.2 Å². The lowest BCUT2D eigenvalue weighted by atomic mass is 10.1. The number of Topliss-reactive ketones (excluding diaryl/α,β-unsaturated/α-hetero) is 1. The zero-order chi connectivity index (χ0) is 22.0. The number of amides is 1. The highest BCUT2D eigenvalue weighted by molar-refractivity contribution is 5.95. The van der Waals surface area contributed by atoms with Gasteiger partial charge in [0.1, 0.15) is 18.7 Å². The minimum Gasteiger partial charge on any atom is -0.325 e. The largest absolute Gasteiger partial charge is 0.325 e. The fourth-order valence-electron chi connectivity index (χ4n) is 3.06. The van der Waals surface area contributed by atoms with E-state index in [2.05, 4.69) is 20.6 Å². The number of hydrogen-bond acceptors (Lipinski definition) is 6.